The third-order valence-corrected chi connectivity index (χ3v) is 7.95. The summed E-state index contributed by atoms with van der Waals surface area (Å²) >= 11 is 0. The van der Waals surface area contributed by atoms with Gasteiger partial charge in [-0.25, -0.2) is 12.7 Å². The first-order chi connectivity index (χ1) is 16.2. The number of rotatable bonds is 7. The van der Waals surface area contributed by atoms with Crippen molar-refractivity contribution in [3.8, 4) is 17.2 Å². The molecule has 0 radical (unpaired) electrons. The maximum atomic E-state index is 12.9. The van der Waals surface area contributed by atoms with Gasteiger partial charge in [0, 0.05) is 45.2 Å². The van der Waals surface area contributed by atoms with Gasteiger partial charge in [0.2, 0.25) is 15.9 Å². The Morgan fingerprint density at radius 2 is 1.97 bits per heavy atom. The standard InChI is InChI=1S/C24H31N3O6S/c1-5-24(28)26-11-10-19(16-26)33-18-7-9-21-20(15-18)27(12-13-32-21)17-6-8-22(31-4)23(14-17)34(29,30)25(2)3/h6-9,14-15,19H,5,10-13,16H2,1-4H3. The molecule has 1 fully saturated rings. The van der Waals surface area contributed by atoms with Gasteiger partial charge in [0.05, 0.1) is 25.9 Å². The number of hydrogen-bond donors (Lipinski definition) is 0. The molecular formula is C24H31N3O6S. The van der Waals surface area contributed by atoms with Crippen LogP contribution < -0.4 is 19.1 Å². The highest BCUT2D eigenvalue weighted by atomic mass is 32.2. The highest BCUT2D eigenvalue weighted by Crippen LogP contribution is 2.41. The van der Waals surface area contributed by atoms with Crippen molar-refractivity contribution in [3.63, 3.8) is 0 Å². The quantitative estimate of drug-likeness (QED) is 0.591. The van der Waals surface area contributed by atoms with Gasteiger partial charge in [-0.2, -0.15) is 0 Å². The molecule has 1 unspecified atom stereocenters. The number of benzene rings is 2. The van der Waals surface area contributed by atoms with Gasteiger partial charge < -0.3 is 24.0 Å². The molecule has 2 aromatic rings. The second kappa shape index (κ2) is 9.71. The lowest BCUT2D eigenvalue weighted by Gasteiger charge is -2.32. The minimum Gasteiger partial charge on any atom is -0.495 e. The molecule has 0 aromatic heterocycles. The van der Waals surface area contributed by atoms with E-state index in [0.29, 0.717) is 49.8 Å². The highest BCUT2D eigenvalue weighted by Gasteiger charge is 2.29. The highest BCUT2D eigenvalue weighted by molar-refractivity contribution is 7.89. The van der Waals surface area contributed by atoms with Crippen molar-refractivity contribution < 1.29 is 27.4 Å². The number of amides is 1. The fraction of sp³-hybridized carbons (Fsp3) is 0.458. The molecule has 2 aliphatic rings. The Labute approximate surface area is 200 Å². The van der Waals surface area contributed by atoms with E-state index in [4.69, 9.17) is 14.2 Å². The zero-order chi connectivity index (χ0) is 24.5. The van der Waals surface area contributed by atoms with Crippen molar-refractivity contribution in [2.75, 3.05) is 52.3 Å². The maximum Gasteiger partial charge on any atom is 0.246 e. The largest absolute Gasteiger partial charge is 0.495 e. The second-order valence-electron chi connectivity index (χ2n) is 8.47. The van der Waals surface area contributed by atoms with Crippen molar-refractivity contribution in [2.45, 2.75) is 30.8 Å². The third-order valence-electron chi connectivity index (χ3n) is 6.11. The number of sulfonamides is 1. The lowest BCUT2D eigenvalue weighted by molar-refractivity contribution is -0.130. The second-order valence-corrected chi connectivity index (χ2v) is 10.6. The first-order valence-electron chi connectivity index (χ1n) is 11.3. The number of anilines is 2. The molecule has 0 N–H and O–H groups in total. The summed E-state index contributed by atoms with van der Waals surface area (Å²) < 4.78 is 44.3. The Balaban J connectivity index is 1.63. The molecule has 1 saturated heterocycles. The van der Waals surface area contributed by atoms with Crippen LogP contribution in [0.1, 0.15) is 19.8 Å². The number of carbonyl (C=O) groups is 1. The smallest absolute Gasteiger partial charge is 0.246 e. The van der Waals surface area contributed by atoms with E-state index in [1.807, 2.05) is 41.0 Å². The molecule has 9 nitrogen and oxygen atoms in total. The third kappa shape index (κ3) is 4.65. The van der Waals surface area contributed by atoms with Crippen molar-refractivity contribution in [1.29, 1.82) is 0 Å². The fourth-order valence-corrected chi connectivity index (χ4v) is 5.31. The lowest BCUT2D eigenvalue weighted by atomic mass is 10.2. The number of carbonyl (C=O) groups excluding carboxylic acids is 1. The summed E-state index contributed by atoms with van der Waals surface area (Å²) in [4.78, 5) is 15.9. The molecule has 2 aromatic carbocycles. The monoisotopic (exact) mass is 489 g/mol. The van der Waals surface area contributed by atoms with Gasteiger partial charge in [0.1, 0.15) is 34.9 Å². The summed E-state index contributed by atoms with van der Waals surface area (Å²) in [5, 5.41) is 0. The van der Waals surface area contributed by atoms with E-state index in [9.17, 15) is 13.2 Å². The van der Waals surface area contributed by atoms with Gasteiger partial charge in [0.25, 0.3) is 0 Å². The number of fused-ring (bicyclic) bond motifs is 1. The van der Waals surface area contributed by atoms with E-state index in [0.717, 1.165) is 12.1 Å². The molecule has 4 rings (SSSR count). The molecule has 2 aliphatic heterocycles. The van der Waals surface area contributed by atoms with Crippen LogP contribution in [-0.2, 0) is 14.8 Å². The van der Waals surface area contributed by atoms with Crippen LogP contribution in [0.25, 0.3) is 0 Å². The Morgan fingerprint density at radius 1 is 1.18 bits per heavy atom. The number of hydrogen-bond acceptors (Lipinski definition) is 7. The molecule has 1 atom stereocenters. The van der Waals surface area contributed by atoms with Gasteiger partial charge in [-0.05, 0) is 30.3 Å². The van der Waals surface area contributed by atoms with Crippen LogP contribution in [0.2, 0.25) is 0 Å². The topological polar surface area (TPSA) is 88.6 Å². The molecule has 34 heavy (non-hydrogen) atoms. The average Bonchev–Trinajstić information content (AvgIpc) is 3.31. The van der Waals surface area contributed by atoms with E-state index in [2.05, 4.69) is 0 Å². The molecular weight excluding hydrogens is 458 g/mol. The van der Waals surface area contributed by atoms with Crippen molar-refractivity contribution in [2.24, 2.45) is 0 Å². The van der Waals surface area contributed by atoms with E-state index < -0.39 is 10.0 Å². The van der Waals surface area contributed by atoms with Gasteiger partial charge >= 0.3 is 0 Å². The van der Waals surface area contributed by atoms with Crippen molar-refractivity contribution in [1.82, 2.24) is 9.21 Å². The summed E-state index contributed by atoms with van der Waals surface area (Å²) in [6.07, 6.45) is 1.21. The van der Waals surface area contributed by atoms with E-state index >= 15 is 0 Å². The average molecular weight is 490 g/mol. The zero-order valence-corrected chi connectivity index (χ0v) is 20.8. The first kappa shape index (κ1) is 24.2. The predicted molar refractivity (Wildman–Crippen MR) is 129 cm³/mol. The summed E-state index contributed by atoms with van der Waals surface area (Å²) in [5.74, 6) is 1.80. The summed E-state index contributed by atoms with van der Waals surface area (Å²) in [7, 11) is 0.738. The van der Waals surface area contributed by atoms with Crippen LogP contribution in [0.3, 0.4) is 0 Å². The fourth-order valence-electron chi connectivity index (χ4n) is 4.24. The zero-order valence-electron chi connectivity index (χ0n) is 20.0. The minimum atomic E-state index is -3.70. The molecule has 0 saturated carbocycles. The van der Waals surface area contributed by atoms with Crippen molar-refractivity contribution in [3.05, 3.63) is 36.4 Å². The Kier molecular flexibility index (Phi) is 6.90. The summed E-state index contributed by atoms with van der Waals surface area (Å²) in [6.45, 7) is 4.15. The maximum absolute atomic E-state index is 12.9. The lowest BCUT2D eigenvalue weighted by Crippen LogP contribution is -2.30. The summed E-state index contributed by atoms with van der Waals surface area (Å²) in [5.41, 5.74) is 1.50. The Bertz CT molecular complexity index is 1170. The Morgan fingerprint density at radius 3 is 2.68 bits per heavy atom. The normalized spacial score (nSPS) is 18.0. The molecule has 0 bridgehead atoms. The van der Waals surface area contributed by atoms with Crippen LogP contribution in [-0.4, -0.2) is 77.1 Å². The molecule has 0 spiro atoms. The van der Waals surface area contributed by atoms with Gasteiger partial charge in [-0.3, -0.25) is 4.79 Å². The van der Waals surface area contributed by atoms with E-state index in [1.54, 1.807) is 12.1 Å². The van der Waals surface area contributed by atoms with E-state index in [-0.39, 0.29) is 22.7 Å². The van der Waals surface area contributed by atoms with Gasteiger partial charge in [0.15, 0.2) is 0 Å². The molecule has 184 valence electrons. The van der Waals surface area contributed by atoms with Gasteiger partial charge in [-0.15, -0.1) is 0 Å². The first-order valence-corrected chi connectivity index (χ1v) is 12.8. The van der Waals surface area contributed by atoms with Crippen LogP contribution in [0.15, 0.2) is 41.3 Å². The number of likely N-dealkylation sites (tertiary alicyclic amines) is 1. The Hall–Kier alpha value is -2.98. The summed E-state index contributed by atoms with van der Waals surface area (Å²) in [6, 6.07) is 10.8. The number of nitrogens with zero attached hydrogens (tertiary/aromatic N) is 3. The van der Waals surface area contributed by atoms with Crippen LogP contribution >= 0.6 is 0 Å². The SMILES string of the molecule is CCC(=O)N1CCC(Oc2ccc3c(c2)N(c2ccc(OC)c(S(=O)(=O)N(C)C)c2)CCO3)C1. The molecule has 2 heterocycles. The van der Waals surface area contributed by atoms with Crippen molar-refractivity contribution >= 4 is 27.3 Å². The molecule has 0 aliphatic carbocycles. The number of ether oxygens (including phenoxy) is 3. The number of methoxy groups -OCH3 is 1. The molecule has 10 heteroatoms. The minimum absolute atomic E-state index is 0.0654. The van der Waals surface area contributed by atoms with Crippen LogP contribution in [0, 0.1) is 0 Å². The van der Waals surface area contributed by atoms with Gasteiger partial charge in [-0.1, -0.05) is 6.92 Å². The van der Waals surface area contributed by atoms with Crippen LogP contribution in [0.4, 0.5) is 11.4 Å². The predicted octanol–water partition coefficient (Wildman–Crippen LogP) is 2.87. The van der Waals surface area contributed by atoms with E-state index in [1.165, 1.54) is 25.5 Å². The molecule has 1 amide bonds. The van der Waals surface area contributed by atoms with Crippen LogP contribution in [0.5, 0.6) is 17.2 Å².